The smallest absolute Gasteiger partial charge is 0.0366 e. The highest BCUT2D eigenvalue weighted by Crippen LogP contribution is 2.31. The normalized spacial score (nSPS) is 18.8. The maximum atomic E-state index is 6.29. The number of anilines is 1. The molecule has 0 aromatic heterocycles. The monoisotopic (exact) mass is 246 g/mol. The molecule has 0 bridgehead atoms. The zero-order valence-corrected chi connectivity index (χ0v) is 11.9. The molecular weight excluding hydrogens is 220 g/mol. The first-order chi connectivity index (χ1) is 8.48. The van der Waals surface area contributed by atoms with E-state index in [1.54, 1.807) is 0 Å². The molecule has 1 aromatic rings. The third kappa shape index (κ3) is 3.05. The summed E-state index contributed by atoms with van der Waals surface area (Å²) in [5.41, 5.74) is 8.99. The fourth-order valence-electron chi connectivity index (χ4n) is 2.54. The van der Waals surface area contributed by atoms with Crippen molar-refractivity contribution in [3.8, 4) is 0 Å². The first-order valence-electron chi connectivity index (χ1n) is 7.09. The molecule has 0 spiro atoms. The van der Waals surface area contributed by atoms with Crippen molar-refractivity contribution in [2.75, 3.05) is 18.0 Å². The minimum absolute atomic E-state index is 0.105. The number of rotatable bonds is 2. The number of benzene rings is 1. The van der Waals surface area contributed by atoms with Gasteiger partial charge in [-0.3, -0.25) is 0 Å². The molecule has 0 unspecified atom stereocenters. The third-order valence-electron chi connectivity index (χ3n) is 3.91. The lowest BCUT2D eigenvalue weighted by molar-refractivity contribution is 0.327. The molecule has 0 amide bonds. The van der Waals surface area contributed by atoms with Gasteiger partial charge < -0.3 is 10.6 Å². The van der Waals surface area contributed by atoms with E-state index in [-0.39, 0.29) is 11.5 Å². The van der Waals surface area contributed by atoms with E-state index >= 15 is 0 Å². The lowest BCUT2D eigenvalue weighted by Gasteiger charge is -2.30. The number of piperidine rings is 1. The number of nitrogens with two attached hydrogens (primary N) is 1. The molecule has 1 atom stereocenters. The van der Waals surface area contributed by atoms with Gasteiger partial charge in [-0.25, -0.2) is 0 Å². The Labute approximate surface area is 111 Å². The Morgan fingerprint density at radius 1 is 1.00 bits per heavy atom. The Balaban J connectivity index is 2.09. The van der Waals surface area contributed by atoms with Crippen LogP contribution in [0.25, 0.3) is 0 Å². The summed E-state index contributed by atoms with van der Waals surface area (Å²) in [7, 11) is 0. The van der Waals surface area contributed by atoms with E-state index in [4.69, 9.17) is 5.73 Å². The molecule has 2 heteroatoms. The molecule has 1 aliphatic heterocycles. The Hall–Kier alpha value is -1.02. The molecule has 1 aliphatic rings. The van der Waals surface area contributed by atoms with Crippen molar-refractivity contribution in [2.45, 2.75) is 46.1 Å². The van der Waals surface area contributed by atoms with E-state index in [2.05, 4.69) is 49.9 Å². The fraction of sp³-hybridized carbons (Fsp3) is 0.625. The predicted molar refractivity (Wildman–Crippen MR) is 78.9 cm³/mol. The van der Waals surface area contributed by atoms with Gasteiger partial charge in [0.15, 0.2) is 0 Å². The first kappa shape index (κ1) is 13.4. The van der Waals surface area contributed by atoms with Gasteiger partial charge in [-0.05, 0) is 42.4 Å². The lowest BCUT2D eigenvalue weighted by Crippen LogP contribution is -2.29. The van der Waals surface area contributed by atoms with Crippen LogP contribution in [0.3, 0.4) is 0 Å². The van der Waals surface area contributed by atoms with E-state index in [1.165, 1.54) is 43.6 Å². The summed E-state index contributed by atoms with van der Waals surface area (Å²) < 4.78 is 0. The summed E-state index contributed by atoms with van der Waals surface area (Å²) in [6, 6.07) is 8.95. The van der Waals surface area contributed by atoms with Gasteiger partial charge in [0.05, 0.1) is 0 Å². The minimum atomic E-state index is 0.105. The fourth-order valence-corrected chi connectivity index (χ4v) is 2.54. The summed E-state index contributed by atoms with van der Waals surface area (Å²) in [5, 5.41) is 0. The zero-order chi connectivity index (χ0) is 13.2. The standard InChI is InChI=1S/C16H26N2/c1-16(2,3)15(17)13-7-9-14(10-8-13)18-11-5-4-6-12-18/h7-10,15H,4-6,11-12,17H2,1-3H3/t15-/m1/s1. The molecule has 100 valence electrons. The summed E-state index contributed by atoms with van der Waals surface area (Å²) >= 11 is 0. The van der Waals surface area contributed by atoms with Crippen LogP contribution in [0.15, 0.2) is 24.3 Å². The quantitative estimate of drug-likeness (QED) is 0.861. The Morgan fingerprint density at radius 2 is 1.56 bits per heavy atom. The molecule has 18 heavy (non-hydrogen) atoms. The van der Waals surface area contributed by atoms with Crippen molar-refractivity contribution in [3.05, 3.63) is 29.8 Å². The molecule has 0 aliphatic carbocycles. The SMILES string of the molecule is CC(C)(C)[C@H](N)c1ccc(N2CCCCC2)cc1. The van der Waals surface area contributed by atoms with Crippen LogP contribution in [0.5, 0.6) is 0 Å². The van der Waals surface area contributed by atoms with Crippen LogP contribution >= 0.6 is 0 Å². The molecule has 1 fully saturated rings. The van der Waals surface area contributed by atoms with Gasteiger partial charge in [-0.1, -0.05) is 32.9 Å². The van der Waals surface area contributed by atoms with Gasteiger partial charge in [0.25, 0.3) is 0 Å². The summed E-state index contributed by atoms with van der Waals surface area (Å²) in [6.07, 6.45) is 4.02. The van der Waals surface area contributed by atoms with Gasteiger partial charge in [0.2, 0.25) is 0 Å². The first-order valence-corrected chi connectivity index (χ1v) is 7.09. The molecule has 0 radical (unpaired) electrons. The third-order valence-corrected chi connectivity index (χ3v) is 3.91. The van der Waals surface area contributed by atoms with Gasteiger partial charge in [0, 0.05) is 24.8 Å². The van der Waals surface area contributed by atoms with Crippen molar-refractivity contribution < 1.29 is 0 Å². The molecule has 2 rings (SSSR count). The van der Waals surface area contributed by atoms with Crippen molar-refractivity contribution in [2.24, 2.45) is 11.1 Å². The van der Waals surface area contributed by atoms with Gasteiger partial charge in [0.1, 0.15) is 0 Å². The van der Waals surface area contributed by atoms with Crippen molar-refractivity contribution in [1.82, 2.24) is 0 Å². The van der Waals surface area contributed by atoms with E-state index in [1.807, 2.05) is 0 Å². The average molecular weight is 246 g/mol. The van der Waals surface area contributed by atoms with Crippen LogP contribution in [-0.2, 0) is 0 Å². The topological polar surface area (TPSA) is 29.3 Å². The molecule has 1 saturated heterocycles. The largest absolute Gasteiger partial charge is 0.372 e. The predicted octanol–water partition coefficient (Wildman–Crippen LogP) is 3.72. The maximum Gasteiger partial charge on any atom is 0.0366 e. The zero-order valence-electron chi connectivity index (χ0n) is 11.9. The Bertz CT molecular complexity index is 369. The van der Waals surface area contributed by atoms with Crippen molar-refractivity contribution in [1.29, 1.82) is 0 Å². The van der Waals surface area contributed by atoms with Crippen LogP contribution in [0.1, 0.15) is 51.6 Å². The van der Waals surface area contributed by atoms with Crippen molar-refractivity contribution >= 4 is 5.69 Å². The van der Waals surface area contributed by atoms with Crippen LogP contribution in [-0.4, -0.2) is 13.1 Å². The highest BCUT2D eigenvalue weighted by molar-refractivity contribution is 5.48. The highest BCUT2D eigenvalue weighted by Gasteiger charge is 2.22. The Morgan fingerprint density at radius 3 is 2.06 bits per heavy atom. The van der Waals surface area contributed by atoms with Gasteiger partial charge in [-0.15, -0.1) is 0 Å². The second kappa shape index (κ2) is 5.31. The lowest BCUT2D eigenvalue weighted by atomic mass is 9.83. The molecule has 1 heterocycles. The number of hydrogen-bond acceptors (Lipinski definition) is 2. The van der Waals surface area contributed by atoms with E-state index in [0.29, 0.717) is 0 Å². The van der Waals surface area contributed by atoms with Crippen LogP contribution in [0.4, 0.5) is 5.69 Å². The molecule has 2 nitrogen and oxygen atoms in total. The minimum Gasteiger partial charge on any atom is -0.372 e. The van der Waals surface area contributed by atoms with Crippen molar-refractivity contribution in [3.63, 3.8) is 0 Å². The highest BCUT2D eigenvalue weighted by atomic mass is 15.1. The Kier molecular flexibility index (Phi) is 3.96. The summed E-state index contributed by atoms with van der Waals surface area (Å²) in [4.78, 5) is 2.48. The average Bonchev–Trinajstić information content (AvgIpc) is 2.38. The number of hydrogen-bond donors (Lipinski definition) is 1. The second-order valence-electron chi connectivity index (χ2n) is 6.48. The van der Waals surface area contributed by atoms with Crippen LogP contribution in [0, 0.1) is 5.41 Å². The van der Waals surface area contributed by atoms with E-state index in [9.17, 15) is 0 Å². The second-order valence-corrected chi connectivity index (χ2v) is 6.48. The van der Waals surface area contributed by atoms with Gasteiger partial charge in [-0.2, -0.15) is 0 Å². The van der Waals surface area contributed by atoms with Crippen LogP contribution < -0.4 is 10.6 Å². The molecular formula is C16H26N2. The van der Waals surface area contributed by atoms with E-state index < -0.39 is 0 Å². The molecule has 2 N–H and O–H groups in total. The van der Waals surface area contributed by atoms with Gasteiger partial charge >= 0.3 is 0 Å². The molecule has 0 saturated carbocycles. The number of nitrogens with zero attached hydrogens (tertiary/aromatic N) is 1. The van der Waals surface area contributed by atoms with E-state index in [0.717, 1.165) is 0 Å². The summed E-state index contributed by atoms with van der Waals surface area (Å²) in [5.74, 6) is 0. The van der Waals surface area contributed by atoms with Crippen LogP contribution in [0.2, 0.25) is 0 Å². The maximum absolute atomic E-state index is 6.29. The summed E-state index contributed by atoms with van der Waals surface area (Å²) in [6.45, 7) is 8.97. The molecule has 1 aromatic carbocycles.